The van der Waals surface area contributed by atoms with Crippen molar-refractivity contribution in [2.24, 2.45) is 5.92 Å². The summed E-state index contributed by atoms with van der Waals surface area (Å²) in [5, 5.41) is 8.86. The molecule has 7 heteroatoms. The molecule has 1 aliphatic rings. The second kappa shape index (κ2) is 7.77. The first-order chi connectivity index (χ1) is 11.7. The Morgan fingerprint density at radius 2 is 2.17 bits per heavy atom. The molecule has 0 bridgehead atoms. The molecule has 0 N–H and O–H groups in total. The van der Waals surface area contributed by atoms with Crippen molar-refractivity contribution in [3.05, 3.63) is 35.2 Å². The van der Waals surface area contributed by atoms with Gasteiger partial charge in [-0.15, -0.1) is 10.2 Å². The molecule has 1 aromatic carbocycles. The molecule has 1 fully saturated rings. The van der Waals surface area contributed by atoms with Gasteiger partial charge in [-0.05, 0) is 50.6 Å². The fourth-order valence-electron chi connectivity index (χ4n) is 2.87. The lowest BCUT2D eigenvalue weighted by molar-refractivity contribution is -0.150. The van der Waals surface area contributed by atoms with Gasteiger partial charge in [0.1, 0.15) is 0 Å². The molecule has 0 unspecified atom stereocenters. The number of rotatable bonds is 5. The van der Waals surface area contributed by atoms with Crippen LogP contribution in [0.2, 0.25) is 5.02 Å². The molecule has 0 aliphatic carbocycles. The Kier molecular flexibility index (Phi) is 5.48. The number of aromatic nitrogens is 2. The normalized spacial score (nSPS) is 18.5. The highest BCUT2D eigenvalue weighted by Crippen LogP contribution is 2.23. The molecule has 1 saturated heterocycles. The van der Waals surface area contributed by atoms with E-state index in [2.05, 4.69) is 15.1 Å². The first-order valence-electron chi connectivity index (χ1n) is 8.13. The average Bonchev–Trinajstić information content (AvgIpc) is 3.04. The van der Waals surface area contributed by atoms with E-state index in [9.17, 15) is 4.79 Å². The van der Waals surface area contributed by atoms with Gasteiger partial charge in [-0.25, -0.2) is 0 Å². The van der Waals surface area contributed by atoms with Crippen LogP contribution < -0.4 is 0 Å². The summed E-state index contributed by atoms with van der Waals surface area (Å²) in [4.78, 5) is 14.1. The topological polar surface area (TPSA) is 68.5 Å². The van der Waals surface area contributed by atoms with E-state index in [-0.39, 0.29) is 11.9 Å². The van der Waals surface area contributed by atoms with E-state index in [4.69, 9.17) is 20.8 Å². The van der Waals surface area contributed by atoms with Crippen molar-refractivity contribution in [2.75, 3.05) is 19.7 Å². The number of carbonyl (C=O) groups excluding carboxylic acids is 1. The zero-order chi connectivity index (χ0) is 16.9. The molecule has 1 aliphatic heterocycles. The van der Waals surface area contributed by atoms with Crippen molar-refractivity contribution in [3.8, 4) is 11.5 Å². The minimum absolute atomic E-state index is 0.0719. The summed E-state index contributed by atoms with van der Waals surface area (Å²) >= 11 is 5.88. The average molecular weight is 350 g/mol. The Morgan fingerprint density at radius 1 is 1.38 bits per heavy atom. The molecule has 6 nitrogen and oxygen atoms in total. The SMILES string of the molecule is CCOC(=O)[C@H]1CCCN(Cc2nnc(-c3ccc(Cl)cc3)o2)C1. The summed E-state index contributed by atoms with van der Waals surface area (Å²) in [6.45, 7) is 4.36. The van der Waals surface area contributed by atoms with Crippen LogP contribution in [0.5, 0.6) is 0 Å². The van der Waals surface area contributed by atoms with Gasteiger partial charge in [-0.2, -0.15) is 0 Å². The van der Waals surface area contributed by atoms with Crippen LogP contribution >= 0.6 is 11.6 Å². The molecule has 2 aromatic rings. The van der Waals surface area contributed by atoms with Crippen LogP contribution in [0.15, 0.2) is 28.7 Å². The van der Waals surface area contributed by atoms with Crippen LogP contribution in [0.1, 0.15) is 25.7 Å². The van der Waals surface area contributed by atoms with Crippen molar-refractivity contribution in [1.82, 2.24) is 15.1 Å². The highest BCUT2D eigenvalue weighted by molar-refractivity contribution is 6.30. The molecule has 1 aromatic heterocycles. The van der Waals surface area contributed by atoms with Gasteiger partial charge in [-0.1, -0.05) is 11.6 Å². The third kappa shape index (κ3) is 4.13. The third-order valence-electron chi connectivity index (χ3n) is 4.04. The van der Waals surface area contributed by atoms with Crippen molar-refractivity contribution >= 4 is 17.6 Å². The van der Waals surface area contributed by atoms with Crippen molar-refractivity contribution in [1.29, 1.82) is 0 Å². The van der Waals surface area contributed by atoms with Gasteiger partial charge in [0.2, 0.25) is 11.8 Å². The number of ether oxygens (including phenoxy) is 1. The number of esters is 1. The predicted molar refractivity (Wildman–Crippen MR) is 89.4 cm³/mol. The molecule has 128 valence electrons. The van der Waals surface area contributed by atoms with Crippen LogP contribution in [-0.4, -0.2) is 40.8 Å². The lowest BCUT2D eigenvalue weighted by Crippen LogP contribution is -2.39. The summed E-state index contributed by atoms with van der Waals surface area (Å²) < 4.78 is 10.9. The lowest BCUT2D eigenvalue weighted by Gasteiger charge is -2.30. The van der Waals surface area contributed by atoms with E-state index in [1.807, 2.05) is 19.1 Å². The molecular weight excluding hydrogens is 330 g/mol. The molecule has 0 amide bonds. The maximum absolute atomic E-state index is 11.9. The van der Waals surface area contributed by atoms with Gasteiger partial charge < -0.3 is 9.15 Å². The lowest BCUT2D eigenvalue weighted by atomic mass is 9.98. The van der Waals surface area contributed by atoms with Crippen LogP contribution in [-0.2, 0) is 16.1 Å². The smallest absolute Gasteiger partial charge is 0.310 e. The molecule has 0 radical (unpaired) electrons. The van der Waals surface area contributed by atoms with Gasteiger partial charge in [0.05, 0.1) is 19.1 Å². The number of piperidine rings is 1. The standard InChI is InChI=1S/C17H20ClN3O3/c1-2-23-17(22)13-4-3-9-21(10-13)11-15-19-20-16(24-15)12-5-7-14(18)8-6-12/h5-8,13H,2-4,9-11H2,1H3/t13-/m0/s1. The number of likely N-dealkylation sites (tertiary alicyclic amines) is 1. The Labute approximate surface area is 145 Å². The monoisotopic (exact) mass is 349 g/mol. The second-order valence-corrected chi connectivity index (χ2v) is 6.27. The molecule has 2 heterocycles. The van der Waals surface area contributed by atoms with Crippen molar-refractivity contribution in [3.63, 3.8) is 0 Å². The van der Waals surface area contributed by atoms with E-state index in [0.29, 0.717) is 36.5 Å². The van der Waals surface area contributed by atoms with Gasteiger partial charge in [-0.3, -0.25) is 9.69 Å². The van der Waals surface area contributed by atoms with Crippen molar-refractivity contribution < 1.29 is 13.9 Å². The molecular formula is C17H20ClN3O3. The minimum atomic E-state index is -0.116. The molecule has 1 atom stereocenters. The van der Waals surface area contributed by atoms with E-state index < -0.39 is 0 Å². The van der Waals surface area contributed by atoms with Gasteiger partial charge in [0.25, 0.3) is 0 Å². The minimum Gasteiger partial charge on any atom is -0.466 e. The number of hydrogen-bond acceptors (Lipinski definition) is 6. The highest BCUT2D eigenvalue weighted by atomic mass is 35.5. The summed E-state index contributed by atoms with van der Waals surface area (Å²) in [6, 6.07) is 7.26. The van der Waals surface area contributed by atoms with Crippen LogP contribution in [0.4, 0.5) is 0 Å². The Morgan fingerprint density at radius 3 is 2.92 bits per heavy atom. The Balaban J connectivity index is 1.62. The third-order valence-corrected chi connectivity index (χ3v) is 4.29. The number of hydrogen-bond donors (Lipinski definition) is 0. The van der Waals surface area contributed by atoms with Crippen LogP contribution in [0.3, 0.4) is 0 Å². The second-order valence-electron chi connectivity index (χ2n) is 5.83. The molecule has 3 rings (SSSR count). The van der Waals surface area contributed by atoms with Crippen LogP contribution in [0, 0.1) is 5.92 Å². The number of nitrogens with zero attached hydrogens (tertiary/aromatic N) is 3. The molecule has 0 saturated carbocycles. The molecule has 24 heavy (non-hydrogen) atoms. The van der Waals surface area contributed by atoms with E-state index in [1.165, 1.54) is 0 Å². The summed E-state index contributed by atoms with van der Waals surface area (Å²) in [7, 11) is 0. The molecule has 0 spiro atoms. The van der Waals surface area contributed by atoms with Gasteiger partial charge in [0, 0.05) is 17.1 Å². The number of carbonyl (C=O) groups is 1. The zero-order valence-corrected chi connectivity index (χ0v) is 14.3. The van der Waals surface area contributed by atoms with E-state index in [0.717, 1.165) is 24.9 Å². The van der Waals surface area contributed by atoms with Gasteiger partial charge in [0.15, 0.2) is 0 Å². The first kappa shape index (κ1) is 16.9. The summed E-state index contributed by atoms with van der Waals surface area (Å²) in [6.07, 6.45) is 1.83. The summed E-state index contributed by atoms with van der Waals surface area (Å²) in [5.74, 6) is 0.831. The predicted octanol–water partition coefficient (Wildman–Crippen LogP) is 3.17. The number of halogens is 1. The maximum Gasteiger partial charge on any atom is 0.310 e. The fourth-order valence-corrected chi connectivity index (χ4v) is 3.00. The van der Waals surface area contributed by atoms with E-state index >= 15 is 0 Å². The quantitative estimate of drug-likeness (QED) is 0.772. The zero-order valence-electron chi connectivity index (χ0n) is 13.6. The fraction of sp³-hybridized carbons (Fsp3) is 0.471. The number of benzene rings is 1. The van der Waals surface area contributed by atoms with Gasteiger partial charge >= 0.3 is 5.97 Å². The largest absolute Gasteiger partial charge is 0.466 e. The Hall–Kier alpha value is -1.92. The first-order valence-corrected chi connectivity index (χ1v) is 8.51. The summed E-state index contributed by atoms with van der Waals surface area (Å²) in [5.41, 5.74) is 0.834. The Bertz CT molecular complexity index is 687. The highest BCUT2D eigenvalue weighted by Gasteiger charge is 2.27. The maximum atomic E-state index is 11.9. The van der Waals surface area contributed by atoms with E-state index in [1.54, 1.807) is 12.1 Å². The van der Waals surface area contributed by atoms with Crippen molar-refractivity contribution in [2.45, 2.75) is 26.3 Å². The van der Waals surface area contributed by atoms with Crippen LogP contribution in [0.25, 0.3) is 11.5 Å².